The highest BCUT2D eigenvalue weighted by Gasteiger charge is 2.21. The first-order valence-corrected chi connectivity index (χ1v) is 6.43. The van der Waals surface area contributed by atoms with E-state index in [1.165, 1.54) is 11.8 Å². The van der Waals surface area contributed by atoms with Crippen LogP contribution in [0, 0.1) is 0 Å². The molecular formula is C15H15N3O2. The predicted octanol–water partition coefficient (Wildman–Crippen LogP) is 1.40. The fourth-order valence-electron chi connectivity index (χ4n) is 2.45. The SMILES string of the molecule is NC(=O)c1ccc(Oc2cccc3c2CC(N)C3)nc1. The fourth-order valence-corrected chi connectivity index (χ4v) is 2.45. The van der Waals surface area contributed by atoms with E-state index in [2.05, 4.69) is 11.1 Å². The van der Waals surface area contributed by atoms with Crippen LogP contribution in [0.25, 0.3) is 0 Å². The largest absolute Gasteiger partial charge is 0.439 e. The summed E-state index contributed by atoms with van der Waals surface area (Å²) >= 11 is 0. The van der Waals surface area contributed by atoms with Gasteiger partial charge in [-0.1, -0.05) is 12.1 Å². The second-order valence-electron chi connectivity index (χ2n) is 4.91. The Labute approximate surface area is 116 Å². The number of amides is 1. The number of nitrogens with zero attached hydrogens (tertiary/aromatic N) is 1. The Hall–Kier alpha value is -2.40. The van der Waals surface area contributed by atoms with Crippen molar-refractivity contribution in [2.45, 2.75) is 18.9 Å². The van der Waals surface area contributed by atoms with Crippen molar-refractivity contribution in [2.24, 2.45) is 11.5 Å². The van der Waals surface area contributed by atoms with Crippen LogP contribution in [0.5, 0.6) is 11.6 Å². The third-order valence-electron chi connectivity index (χ3n) is 3.41. The van der Waals surface area contributed by atoms with Crippen molar-refractivity contribution >= 4 is 5.91 Å². The van der Waals surface area contributed by atoms with E-state index in [1.807, 2.05) is 12.1 Å². The molecule has 5 nitrogen and oxygen atoms in total. The van der Waals surface area contributed by atoms with E-state index in [0.717, 1.165) is 24.2 Å². The molecule has 1 heterocycles. The average molecular weight is 269 g/mol. The standard InChI is InChI=1S/C15H15N3O2/c16-11-6-9-2-1-3-13(12(9)7-11)20-14-5-4-10(8-18-14)15(17)19/h1-5,8,11H,6-7,16H2,(H2,17,19). The first-order valence-electron chi connectivity index (χ1n) is 6.43. The highest BCUT2D eigenvalue weighted by atomic mass is 16.5. The summed E-state index contributed by atoms with van der Waals surface area (Å²) < 4.78 is 5.79. The minimum Gasteiger partial charge on any atom is -0.439 e. The summed E-state index contributed by atoms with van der Waals surface area (Å²) in [6, 6.07) is 9.30. The normalized spacial score (nSPS) is 16.8. The number of ether oxygens (including phenoxy) is 1. The van der Waals surface area contributed by atoms with Crippen LogP contribution in [0.1, 0.15) is 21.5 Å². The molecule has 0 radical (unpaired) electrons. The van der Waals surface area contributed by atoms with Crippen molar-refractivity contribution in [3.63, 3.8) is 0 Å². The summed E-state index contributed by atoms with van der Waals surface area (Å²) in [5, 5.41) is 0. The average Bonchev–Trinajstić information content (AvgIpc) is 2.81. The van der Waals surface area contributed by atoms with Crippen LogP contribution in [-0.2, 0) is 12.8 Å². The number of nitrogens with two attached hydrogens (primary N) is 2. The molecule has 1 aliphatic carbocycles. The molecule has 1 aliphatic rings. The number of benzene rings is 1. The first kappa shape index (κ1) is 12.6. The number of primary amides is 1. The maximum atomic E-state index is 11.0. The van der Waals surface area contributed by atoms with Gasteiger partial charge in [-0.25, -0.2) is 4.98 Å². The molecule has 0 fully saturated rings. The molecule has 1 atom stereocenters. The molecule has 3 rings (SSSR count). The third kappa shape index (κ3) is 2.35. The van der Waals surface area contributed by atoms with E-state index >= 15 is 0 Å². The van der Waals surface area contributed by atoms with E-state index in [4.69, 9.17) is 16.2 Å². The molecule has 20 heavy (non-hydrogen) atoms. The van der Waals surface area contributed by atoms with Crippen molar-refractivity contribution in [3.8, 4) is 11.6 Å². The van der Waals surface area contributed by atoms with Crippen LogP contribution in [0.4, 0.5) is 0 Å². The molecule has 0 bridgehead atoms. The van der Waals surface area contributed by atoms with Crippen LogP contribution < -0.4 is 16.2 Å². The molecule has 1 unspecified atom stereocenters. The van der Waals surface area contributed by atoms with Gasteiger partial charge < -0.3 is 16.2 Å². The molecule has 0 aliphatic heterocycles. The number of carbonyl (C=O) groups is 1. The molecule has 1 aromatic heterocycles. The Kier molecular flexibility index (Phi) is 3.12. The van der Waals surface area contributed by atoms with E-state index in [9.17, 15) is 4.79 Å². The number of rotatable bonds is 3. The van der Waals surface area contributed by atoms with Crippen molar-refractivity contribution in [2.75, 3.05) is 0 Å². The molecule has 0 saturated carbocycles. The van der Waals surface area contributed by atoms with Crippen molar-refractivity contribution in [1.82, 2.24) is 4.98 Å². The van der Waals surface area contributed by atoms with E-state index in [-0.39, 0.29) is 6.04 Å². The number of fused-ring (bicyclic) bond motifs is 1. The number of carbonyl (C=O) groups excluding carboxylic acids is 1. The van der Waals surface area contributed by atoms with Crippen molar-refractivity contribution in [3.05, 3.63) is 53.2 Å². The summed E-state index contributed by atoms with van der Waals surface area (Å²) in [6.45, 7) is 0. The summed E-state index contributed by atoms with van der Waals surface area (Å²) in [5.74, 6) is 0.703. The molecule has 102 valence electrons. The summed E-state index contributed by atoms with van der Waals surface area (Å²) in [7, 11) is 0. The van der Waals surface area contributed by atoms with E-state index < -0.39 is 5.91 Å². The highest BCUT2D eigenvalue weighted by Crippen LogP contribution is 2.32. The fraction of sp³-hybridized carbons (Fsp3) is 0.200. The highest BCUT2D eigenvalue weighted by molar-refractivity contribution is 5.92. The van der Waals surface area contributed by atoms with Gasteiger partial charge in [0, 0.05) is 18.3 Å². The predicted molar refractivity (Wildman–Crippen MR) is 74.7 cm³/mol. The second kappa shape index (κ2) is 4.94. The van der Waals surface area contributed by atoms with E-state index in [0.29, 0.717) is 11.4 Å². The molecule has 0 saturated heterocycles. The van der Waals surface area contributed by atoms with Gasteiger partial charge in [0.2, 0.25) is 11.8 Å². The quantitative estimate of drug-likeness (QED) is 0.881. The number of pyridine rings is 1. The zero-order chi connectivity index (χ0) is 14.1. The summed E-state index contributed by atoms with van der Waals surface area (Å²) in [6.07, 6.45) is 3.10. The minimum atomic E-state index is -0.504. The maximum Gasteiger partial charge on any atom is 0.250 e. The Morgan fingerprint density at radius 1 is 1.25 bits per heavy atom. The van der Waals surface area contributed by atoms with E-state index in [1.54, 1.807) is 12.1 Å². The molecule has 2 aromatic rings. The van der Waals surface area contributed by atoms with Gasteiger partial charge in [-0.3, -0.25) is 4.79 Å². The van der Waals surface area contributed by atoms with Crippen LogP contribution in [0.15, 0.2) is 36.5 Å². The molecule has 1 aromatic carbocycles. The van der Waals surface area contributed by atoms with Crippen LogP contribution in [-0.4, -0.2) is 16.9 Å². The van der Waals surface area contributed by atoms with Gasteiger partial charge in [-0.05, 0) is 36.1 Å². The van der Waals surface area contributed by atoms with Crippen molar-refractivity contribution < 1.29 is 9.53 Å². The lowest BCUT2D eigenvalue weighted by molar-refractivity contribution is 0.1000. The Balaban J connectivity index is 1.85. The van der Waals surface area contributed by atoms with Crippen molar-refractivity contribution in [1.29, 1.82) is 0 Å². The summed E-state index contributed by atoms with van der Waals surface area (Å²) in [4.78, 5) is 15.1. The van der Waals surface area contributed by atoms with Crippen LogP contribution >= 0.6 is 0 Å². The number of aromatic nitrogens is 1. The summed E-state index contributed by atoms with van der Waals surface area (Å²) in [5.41, 5.74) is 13.9. The molecule has 1 amide bonds. The molecule has 4 N–H and O–H groups in total. The van der Waals surface area contributed by atoms with Gasteiger partial charge in [0.05, 0.1) is 5.56 Å². The van der Waals surface area contributed by atoms with Gasteiger partial charge in [-0.2, -0.15) is 0 Å². The Morgan fingerprint density at radius 2 is 2.10 bits per heavy atom. The van der Waals surface area contributed by atoms with Crippen LogP contribution in [0.2, 0.25) is 0 Å². The van der Waals surface area contributed by atoms with Gasteiger partial charge in [0.25, 0.3) is 0 Å². The minimum absolute atomic E-state index is 0.153. The Morgan fingerprint density at radius 3 is 2.80 bits per heavy atom. The number of hydrogen-bond donors (Lipinski definition) is 2. The van der Waals surface area contributed by atoms with Gasteiger partial charge in [0.1, 0.15) is 5.75 Å². The lowest BCUT2D eigenvalue weighted by Crippen LogP contribution is -2.19. The second-order valence-corrected chi connectivity index (χ2v) is 4.91. The van der Waals surface area contributed by atoms with Crippen LogP contribution in [0.3, 0.4) is 0 Å². The third-order valence-corrected chi connectivity index (χ3v) is 3.41. The van der Waals surface area contributed by atoms with Gasteiger partial charge >= 0.3 is 0 Å². The molecule has 5 heteroatoms. The lowest BCUT2D eigenvalue weighted by atomic mass is 10.1. The van der Waals surface area contributed by atoms with Gasteiger partial charge in [0.15, 0.2) is 0 Å². The van der Waals surface area contributed by atoms with Gasteiger partial charge in [-0.15, -0.1) is 0 Å². The zero-order valence-electron chi connectivity index (χ0n) is 10.9. The first-order chi connectivity index (χ1) is 9.63. The Bertz CT molecular complexity index is 653. The topological polar surface area (TPSA) is 91.2 Å². The lowest BCUT2D eigenvalue weighted by Gasteiger charge is -2.09. The smallest absolute Gasteiger partial charge is 0.250 e. The zero-order valence-corrected chi connectivity index (χ0v) is 10.9. The number of hydrogen-bond acceptors (Lipinski definition) is 4. The molecule has 0 spiro atoms. The maximum absolute atomic E-state index is 11.0. The monoisotopic (exact) mass is 269 g/mol. The molecular weight excluding hydrogens is 254 g/mol.